The summed E-state index contributed by atoms with van der Waals surface area (Å²) in [6.07, 6.45) is 4.56. The molecule has 0 atom stereocenters. The SMILES string of the molecule is Cc1cc2nc(C)c(=O)n(CC(=O)NCCCN3CCC(Cc4ccccc4)CC3)c2cc1C. The monoisotopic (exact) mass is 460 g/mol. The Morgan fingerprint density at radius 3 is 2.50 bits per heavy atom. The third kappa shape index (κ3) is 5.92. The normalized spacial score (nSPS) is 15.0. The summed E-state index contributed by atoms with van der Waals surface area (Å²) in [6, 6.07) is 14.7. The molecule has 0 saturated carbocycles. The number of aryl methyl sites for hydroxylation is 3. The molecule has 1 fully saturated rings. The lowest BCUT2D eigenvalue weighted by molar-refractivity contribution is -0.121. The molecule has 1 aliphatic heterocycles. The number of nitrogens with zero attached hydrogens (tertiary/aromatic N) is 3. The summed E-state index contributed by atoms with van der Waals surface area (Å²) in [6.45, 7) is 9.63. The van der Waals surface area contributed by atoms with E-state index in [0.717, 1.165) is 48.6 Å². The van der Waals surface area contributed by atoms with Crippen LogP contribution in [0.5, 0.6) is 0 Å². The van der Waals surface area contributed by atoms with Gasteiger partial charge in [-0.1, -0.05) is 30.3 Å². The zero-order valence-corrected chi connectivity index (χ0v) is 20.6. The van der Waals surface area contributed by atoms with E-state index in [4.69, 9.17) is 0 Å². The maximum atomic E-state index is 12.7. The first kappa shape index (κ1) is 24.1. The van der Waals surface area contributed by atoms with Gasteiger partial charge in [0.05, 0.1) is 11.0 Å². The van der Waals surface area contributed by atoms with Gasteiger partial charge in [0, 0.05) is 6.54 Å². The molecular formula is C28H36N4O2. The first-order chi connectivity index (χ1) is 16.4. The average molecular weight is 461 g/mol. The minimum atomic E-state index is -0.204. The van der Waals surface area contributed by atoms with Crippen molar-refractivity contribution in [2.75, 3.05) is 26.2 Å². The maximum Gasteiger partial charge on any atom is 0.272 e. The second kappa shape index (κ2) is 11.0. The predicted octanol–water partition coefficient (Wildman–Crippen LogP) is 3.78. The third-order valence-corrected chi connectivity index (χ3v) is 7.07. The second-order valence-electron chi connectivity index (χ2n) is 9.69. The highest BCUT2D eigenvalue weighted by Gasteiger charge is 2.19. The number of nitrogens with one attached hydrogen (secondary N) is 1. The van der Waals surface area contributed by atoms with Gasteiger partial charge in [-0.25, -0.2) is 4.98 Å². The van der Waals surface area contributed by atoms with Gasteiger partial charge in [0.25, 0.3) is 5.56 Å². The van der Waals surface area contributed by atoms with Crippen LogP contribution in [0.1, 0.15) is 41.6 Å². The molecular weight excluding hydrogens is 424 g/mol. The molecule has 2 heterocycles. The number of carbonyl (C=O) groups excluding carboxylic acids is 1. The fourth-order valence-corrected chi connectivity index (χ4v) is 4.87. The number of benzene rings is 2. The quantitative estimate of drug-likeness (QED) is 0.520. The average Bonchev–Trinajstić information content (AvgIpc) is 2.83. The molecule has 1 saturated heterocycles. The number of piperidine rings is 1. The topological polar surface area (TPSA) is 67.2 Å². The van der Waals surface area contributed by atoms with Crippen molar-refractivity contribution in [1.29, 1.82) is 0 Å². The Morgan fingerprint density at radius 1 is 1.06 bits per heavy atom. The molecule has 0 radical (unpaired) electrons. The minimum Gasteiger partial charge on any atom is -0.355 e. The Bertz CT molecular complexity index is 1190. The molecule has 6 nitrogen and oxygen atoms in total. The number of amides is 1. The lowest BCUT2D eigenvalue weighted by Gasteiger charge is -2.32. The zero-order chi connectivity index (χ0) is 24.1. The molecule has 1 aliphatic rings. The van der Waals surface area contributed by atoms with Crippen LogP contribution >= 0.6 is 0 Å². The molecule has 3 aromatic rings. The molecule has 1 aromatic heterocycles. The van der Waals surface area contributed by atoms with Crippen LogP contribution in [0.15, 0.2) is 47.3 Å². The molecule has 0 spiro atoms. The fourth-order valence-electron chi connectivity index (χ4n) is 4.87. The van der Waals surface area contributed by atoms with Crippen molar-refractivity contribution in [3.63, 3.8) is 0 Å². The van der Waals surface area contributed by atoms with E-state index in [0.29, 0.717) is 17.8 Å². The highest BCUT2D eigenvalue weighted by Crippen LogP contribution is 2.21. The largest absolute Gasteiger partial charge is 0.355 e. The summed E-state index contributed by atoms with van der Waals surface area (Å²) in [7, 11) is 0. The van der Waals surface area contributed by atoms with E-state index in [-0.39, 0.29) is 18.0 Å². The van der Waals surface area contributed by atoms with Gasteiger partial charge in [0.15, 0.2) is 0 Å². The van der Waals surface area contributed by atoms with Gasteiger partial charge in [0.2, 0.25) is 5.91 Å². The molecule has 2 aromatic carbocycles. The van der Waals surface area contributed by atoms with Crippen LogP contribution in [0.3, 0.4) is 0 Å². The molecule has 180 valence electrons. The minimum absolute atomic E-state index is 0.0199. The number of carbonyl (C=O) groups is 1. The Kier molecular flexibility index (Phi) is 7.78. The van der Waals surface area contributed by atoms with Gasteiger partial charge < -0.3 is 10.2 Å². The molecule has 1 amide bonds. The van der Waals surface area contributed by atoms with Crippen molar-refractivity contribution in [3.8, 4) is 0 Å². The highest BCUT2D eigenvalue weighted by molar-refractivity contribution is 5.81. The molecule has 6 heteroatoms. The van der Waals surface area contributed by atoms with Crippen molar-refractivity contribution >= 4 is 16.9 Å². The number of aromatic nitrogens is 2. The summed E-state index contributed by atoms with van der Waals surface area (Å²) in [4.78, 5) is 32.3. The first-order valence-electron chi connectivity index (χ1n) is 12.4. The zero-order valence-electron chi connectivity index (χ0n) is 20.6. The van der Waals surface area contributed by atoms with Crippen molar-refractivity contribution in [2.45, 2.75) is 53.0 Å². The number of fused-ring (bicyclic) bond motifs is 1. The van der Waals surface area contributed by atoms with Gasteiger partial charge in [-0.3, -0.25) is 14.2 Å². The van der Waals surface area contributed by atoms with E-state index in [1.165, 1.54) is 24.8 Å². The van der Waals surface area contributed by atoms with E-state index in [9.17, 15) is 9.59 Å². The molecule has 0 bridgehead atoms. The maximum absolute atomic E-state index is 12.7. The summed E-state index contributed by atoms with van der Waals surface area (Å²) < 4.78 is 1.55. The summed E-state index contributed by atoms with van der Waals surface area (Å²) >= 11 is 0. The lowest BCUT2D eigenvalue weighted by Crippen LogP contribution is -2.37. The van der Waals surface area contributed by atoms with Gasteiger partial charge in [0.1, 0.15) is 12.2 Å². The van der Waals surface area contributed by atoms with Gasteiger partial charge >= 0.3 is 0 Å². The Hall–Kier alpha value is -2.99. The van der Waals surface area contributed by atoms with E-state index < -0.39 is 0 Å². The second-order valence-corrected chi connectivity index (χ2v) is 9.69. The van der Waals surface area contributed by atoms with E-state index in [1.807, 2.05) is 26.0 Å². The predicted molar refractivity (Wildman–Crippen MR) is 137 cm³/mol. The highest BCUT2D eigenvalue weighted by atomic mass is 16.2. The van der Waals surface area contributed by atoms with E-state index in [2.05, 4.69) is 45.5 Å². The Labute approximate surface area is 202 Å². The van der Waals surface area contributed by atoms with E-state index in [1.54, 1.807) is 11.5 Å². The van der Waals surface area contributed by atoms with Crippen LogP contribution in [-0.2, 0) is 17.8 Å². The summed E-state index contributed by atoms with van der Waals surface area (Å²) in [5, 5.41) is 3.00. The molecule has 1 N–H and O–H groups in total. The van der Waals surface area contributed by atoms with Crippen molar-refractivity contribution < 1.29 is 4.79 Å². The Morgan fingerprint density at radius 2 is 1.76 bits per heavy atom. The lowest BCUT2D eigenvalue weighted by atomic mass is 9.90. The van der Waals surface area contributed by atoms with Crippen LogP contribution < -0.4 is 10.9 Å². The molecule has 0 unspecified atom stereocenters. The van der Waals surface area contributed by atoms with Crippen LogP contribution in [0, 0.1) is 26.7 Å². The Balaban J connectivity index is 1.23. The van der Waals surface area contributed by atoms with Gasteiger partial charge in [-0.15, -0.1) is 0 Å². The standard InChI is InChI=1S/C28H36N4O2/c1-20-16-25-26(17-21(20)2)32(28(34)22(3)30-25)19-27(33)29-12-7-13-31-14-10-24(11-15-31)18-23-8-5-4-6-9-23/h4-6,8-9,16-17,24H,7,10-15,18-19H2,1-3H3,(H,29,33). The van der Waals surface area contributed by atoms with Crippen molar-refractivity contribution in [1.82, 2.24) is 19.8 Å². The third-order valence-electron chi connectivity index (χ3n) is 7.07. The summed E-state index contributed by atoms with van der Waals surface area (Å²) in [5.41, 5.74) is 5.32. The summed E-state index contributed by atoms with van der Waals surface area (Å²) in [5.74, 6) is 0.636. The first-order valence-corrected chi connectivity index (χ1v) is 12.4. The smallest absolute Gasteiger partial charge is 0.272 e. The number of hydrogen-bond donors (Lipinski definition) is 1. The molecule has 34 heavy (non-hydrogen) atoms. The van der Waals surface area contributed by atoms with Gasteiger partial charge in [-0.2, -0.15) is 0 Å². The molecule has 0 aliphatic carbocycles. The number of hydrogen-bond acceptors (Lipinski definition) is 4. The van der Waals surface area contributed by atoms with Crippen molar-refractivity contribution in [2.24, 2.45) is 5.92 Å². The number of likely N-dealkylation sites (tertiary alicyclic amines) is 1. The number of rotatable bonds is 8. The van der Waals surface area contributed by atoms with Crippen molar-refractivity contribution in [3.05, 3.63) is 75.2 Å². The fraction of sp³-hybridized carbons (Fsp3) is 0.464. The molecule has 4 rings (SSSR count). The van der Waals surface area contributed by atoms with Crippen LogP contribution in [0.4, 0.5) is 0 Å². The van der Waals surface area contributed by atoms with Crippen LogP contribution in [0.2, 0.25) is 0 Å². The van der Waals surface area contributed by atoms with Gasteiger partial charge in [-0.05, 0) is 101 Å². The van der Waals surface area contributed by atoms with Crippen LogP contribution in [0.25, 0.3) is 11.0 Å². The van der Waals surface area contributed by atoms with E-state index >= 15 is 0 Å². The van der Waals surface area contributed by atoms with Crippen LogP contribution in [-0.4, -0.2) is 46.5 Å².